The Bertz CT molecular complexity index is 990. The molecule has 3 aromatic carbocycles. The summed E-state index contributed by atoms with van der Waals surface area (Å²) in [6.45, 7) is 4.96. The number of hydrogen-bond donors (Lipinski definition) is 2. The molecule has 0 unspecified atom stereocenters. The number of nitrogens with one attached hydrogen (secondary N) is 2. The van der Waals surface area contributed by atoms with Gasteiger partial charge in [0.15, 0.2) is 18.1 Å². The van der Waals surface area contributed by atoms with Gasteiger partial charge in [-0.2, -0.15) is 0 Å². The van der Waals surface area contributed by atoms with E-state index in [1.54, 1.807) is 0 Å². The Labute approximate surface area is 185 Å². The normalized spacial score (nSPS) is 10.4. The Morgan fingerprint density at radius 1 is 0.933 bits per heavy atom. The fourth-order valence-electron chi connectivity index (χ4n) is 2.89. The van der Waals surface area contributed by atoms with E-state index < -0.39 is 0 Å². The highest BCUT2D eigenvalue weighted by molar-refractivity contribution is 9.10. The van der Waals surface area contributed by atoms with Crippen molar-refractivity contribution < 1.29 is 14.3 Å². The lowest BCUT2D eigenvalue weighted by Crippen LogP contribution is -2.20. The third-order valence-corrected chi connectivity index (χ3v) is 4.84. The highest BCUT2D eigenvalue weighted by Crippen LogP contribution is 2.29. The van der Waals surface area contributed by atoms with Gasteiger partial charge in [0.2, 0.25) is 0 Å². The molecular formula is C24H25BrN2O3. The lowest BCUT2D eigenvalue weighted by molar-refractivity contribution is -0.118. The number of hydrogen-bond acceptors (Lipinski definition) is 4. The van der Waals surface area contributed by atoms with Crippen molar-refractivity contribution in [2.24, 2.45) is 0 Å². The summed E-state index contributed by atoms with van der Waals surface area (Å²) in [5.74, 6) is 0.948. The van der Waals surface area contributed by atoms with Crippen LogP contribution < -0.4 is 20.1 Å². The molecule has 0 bridgehead atoms. The molecule has 2 N–H and O–H groups in total. The van der Waals surface area contributed by atoms with Crippen LogP contribution in [0.3, 0.4) is 0 Å². The molecule has 0 aromatic heterocycles. The first kappa shape index (κ1) is 21.7. The van der Waals surface area contributed by atoms with Gasteiger partial charge in [0.25, 0.3) is 5.91 Å². The number of ether oxygens (including phenoxy) is 2. The van der Waals surface area contributed by atoms with E-state index in [4.69, 9.17) is 9.47 Å². The number of carbonyl (C=O) groups excluding carboxylic acids is 1. The first-order chi connectivity index (χ1) is 14.5. The lowest BCUT2D eigenvalue weighted by atomic mass is 10.2. The van der Waals surface area contributed by atoms with Crippen molar-refractivity contribution in [2.45, 2.75) is 20.4 Å². The van der Waals surface area contributed by atoms with Crippen molar-refractivity contribution in [1.82, 2.24) is 0 Å². The number of halogens is 1. The van der Waals surface area contributed by atoms with Crippen LogP contribution in [0.1, 0.15) is 18.1 Å². The van der Waals surface area contributed by atoms with Gasteiger partial charge in [0.05, 0.1) is 6.61 Å². The van der Waals surface area contributed by atoms with E-state index in [9.17, 15) is 4.79 Å². The molecule has 0 aliphatic heterocycles. The largest absolute Gasteiger partial charge is 0.490 e. The van der Waals surface area contributed by atoms with Crippen molar-refractivity contribution in [3.63, 3.8) is 0 Å². The van der Waals surface area contributed by atoms with Gasteiger partial charge in [0, 0.05) is 22.4 Å². The van der Waals surface area contributed by atoms with Crippen molar-refractivity contribution in [3.05, 3.63) is 82.3 Å². The summed E-state index contributed by atoms with van der Waals surface area (Å²) in [6.07, 6.45) is 0. The van der Waals surface area contributed by atoms with Crippen LogP contribution in [-0.4, -0.2) is 19.1 Å². The Hall–Kier alpha value is -2.99. The molecule has 0 spiro atoms. The van der Waals surface area contributed by atoms with Gasteiger partial charge in [-0.05, 0) is 73.5 Å². The molecule has 30 heavy (non-hydrogen) atoms. The molecule has 0 saturated heterocycles. The molecule has 0 heterocycles. The summed E-state index contributed by atoms with van der Waals surface area (Å²) in [5.41, 5.74) is 3.92. The second kappa shape index (κ2) is 10.7. The van der Waals surface area contributed by atoms with Crippen molar-refractivity contribution in [3.8, 4) is 11.5 Å². The van der Waals surface area contributed by atoms with Crippen LogP contribution >= 0.6 is 15.9 Å². The second-order valence-corrected chi connectivity index (χ2v) is 7.70. The molecule has 0 saturated carbocycles. The van der Waals surface area contributed by atoms with Gasteiger partial charge in [-0.25, -0.2) is 0 Å². The third kappa shape index (κ3) is 6.52. The maximum Gasteiger partial charge on any atom is 0.262 e. The van der Waals surface area contributed by atoms with E-state index in [2.05, 4.69) is 26.6 Å². The molecule has 3 rings (SSSR count). The Morgan fingerprint density at radius 3 is 2.47 bits per heavy atom. The summed E-state index contributed by atoms with van der Waals surface area (Å²) in [6, 6.07) is 21.4. The maximum atomic E-state index is 12.2. The zero-order valence-electron chi connectivity index (χ0n) is 17.1. The fourth-order valence-corrected chi connectivity index (χ4v) is 3.15. The average molecular weight is 469 g/mol. The zero-order valence-corrected chi connectivity index (χ0v) is 18.7. The van der Waals surface area contributed by atoms with E-state index in [1.807, 2.05) is 80.6 Å². The smallest absolute Gasteiger partial charge is 0.262 e. The van der Waals surface area contributed by atoms with Crippen LogP contribution in [0.5, 0.6) is 11.5 Å². The van der Waals surface area contributed by atoms with Crippen LogP contribution in [0.15, 0.2) is 71.2 Å². The van der Waals surface area contributed by atoms with Gasteiger partial charge < -0.3 is 20.1 Å². The molecule has 3 aromatic rings. The molecule has 1 amide bonds. The molecular weight excluding hydrogens is 444 g/mol. The minimum absolute atomic E-state index is 0.0928. The summed E-state index contributed by atoms with van der Waals surface area (Å²) >= 11 is 3.44. The number of aryl methyl sites for hydroxylation is 1. The summed E-state index contributed by atoms with van der Waals surface area (Å²) < 4.78 is 12.5. The van der Waals surface area contributed by atoms with E-state index in [0.29, 0.717) is 24.7 Å². The predicted molar refractivity (Wildman–Crippen MR) is 124 cm³/mol. The van der Waals surface area contributed by atoms with Gasteiger partial charge in [-0.1, -0.05) is 34.1 Å². The van der Waals surface area contributed by atoms with Crippen LogP contribution in [0.2, 0.25) is 0 Å². The number of benzene rings is 3. The molecule has 5 nitrogen and oxygen atoms in total. The Kier molecular flexibility index (Phi) is 7.74. The number of amides is 1. The summed E-state index contributed by atoms with van der Waals surface area (Å²) in [4.78, 5) is 12.2. The van der Waals surface area contributed by atoms with Crippen LogP contribution in [-0.2, 0) is 11.3 Å². The SMILES string of the molecule is CCOc1cc(CNc2ccc(Br)cc2)ccc1OCC(=O)Nc1cccc(C)c1. The molecule has 0 fully saturated rings. The minimum atomic E-state index is -0.218. The average Bonchev–Trinajstić information content (AvgIpc) is 2.73. The Morgan fingerprint density at radius 2 is 1.73 bits per heavy atom. The van der Waals surface area contributed by atoms with Gasteiger partial charge in [-0.3, -0.25) is 4.79 Å². The minimum Gasteiger partial charge on any atom is -0.490 e. The van der Waals surface area contributed by atoms with E-state index in [-0.39, 0.29) is 12.5 Å². The standard InChI is InChI=1S/C24H25BrN2O3/c1-3-29-23-14-18(15-26-20-10-8-19(25)9-11-20)7-12-22(23)30-16-24(28)27-21-6-4-5-17(2)13-21/h4-14,26H,3,15-16H2,1-2H3,(H,27,28). The van der Waals surface area contributed by atoms with E-state index in [0.717, 1.165) is 27.0 Å². The third-order valence-electron chi connectivity index (χ3n) is 4.31. The second-order valence-electron chi connectivity index (χ2n) is 6.78. The summed E-state index contributed by atoms with van der Waals surface area (Å²) in [7, 11) is 0. The van der Waals surface area contributed by atoms with Gasteiger partial charge in [-0.15, -0.1) is 0 Å². The number of anilines is 2. The molecule has 6 heteroatoms. The molecule has 0 atom stereocenters. The zero-order chi connectivity index (χ0) is 21.3. The molecule has 0 aliphatic carbocycles. The lowest BCUT2D eigenvalue weighted by Gasteiger charge is -2.14. The highest BCUT2D eigenvalue weighted by Gasteiger charge is 2.10. The van der Waals surface area contributed by atoms with Crippen molar-refractivity contribution in [1.29, 1.82) is 0 Å². The fraction of sp³-hybridized carbons (Fsp3) is 0.208. The monoisotopic (exact) mass is 468 g/mol. The maximum absolute atomic E-state index is 12.2. The Balaban J connectivity index is 1.59. The van der Waals surface area contributed by atoms with Crippen molar-refractivity contribution >= 4 is 33.2 Å². The summed E-state index contributed by atoms with van der Waals surface area (Å²) in [5, 5.41) is 6.22. The van der Waals surface area contributed by atoms with Crippen LogP contribution in [0, 0.1) is 6.92 Å². The van der Waals surface area contributed by atoms with Gasteiger partial charge in [0.1, 0.15) is 0 Å². The van der Waals surface area contributed by atoms with Crippen molar-refractivity contribution in [2.75, 3.05) is 23.8 Å². The van der Waals surface area contributed by atoms with Crippen LogP contribution in [0.4, 0.5) is 11.4 Å². The molecule has 0 aliphatic rings. The predicted octanol–water partition coefficient (Wildman–Crippen LogP) is 5.79. The van der Waals surface area contributed by atoms with E-state index >= 15 is 0 Å². The quantitative estimate of drug-likeness (QED) is 0.417. The topological polar surface area (TPSA) is 59.6 Å². The highest BCUT2D eigenvalue weighted by atomic mass is 79.9. The first-order valence-corrected chi connectivity index (χ1v) is 10.6. The number of carbonyl (C=O) groups is 1. The first-order valence-electron chi connectivity index (χ1n) is 9.78. The molecule has 156 valence electrons. The molecule has 0 radical (unpaired) electrons. The van der Waals surface area contributed by atoms with Crippen LogP contribution in [0.25, 0.3) is 0 Å². The number of rotatable bonds is 9. The van der Waals surface area contributed by atoms with Gasteiger partial charge >= 0.3 is 0 Å². The van der Waals surface area contributed by atoms with E-state index in [1.165, 1.54) is 0 Å².